The smallest absolute Gasteiger partial charge is 0.315 e. The van der Waals surface area contributed by atoms with Crippen molar-refractivity contribution in [3.63, 3.8) is 0 Å². The molecule has 1 unspecified atom stereocenters. The lowest BCUT2D eigenvalue weighted by Gasteiger charge is -2.14. The molecule has 0 saturated heterocycles. The first-order chi connectivity index (χ1) is 9.04. The fraction of sp³-hybridized carbons (Fsp3) is 0.714. The minimum atomic E-state index is -0.135. The zero-order chi connectivity index (χ0) is 14.3. The van der Waals surface area contributed by atoms with Crippen molar-refractivity contribution in [3.8, 4) is 0 Å². The Morgan fingerprint density at radius 1 is 1.37 bits per heavy atom. The third-order valence-electron chi connectivity index (χ3n) is 3.23. The molecule has 0 fully saturated rings. The topological polar surface area (TPSA) is 67.2 Å². The zero-order valence-corrected chi connectivity index (χ0v) is 12.4. The van der Waals surface area contributed by atoms with Crippen LogP contribution in [0, 0.1) is 13.8 Å². The van der Waals surface area contributed by atoms with Gasteiger partial charge in [0.25, 0.3) is 0 Å². The van der Waals surface area contributed by atoms with Gasteiger partial charge in [-0.1, -0.05) is 31.3 Å². The number of rotatable bonds is 7. The van der Waals surface area contributed by atoms with Crippen LogP contribution >= 0.6 is 0 Å². The van der Waals surface area contributed by atoms with Crippen LogP contribution in [0.25, 0.3) is 0 Å². The molecule has 1 atom stereocenters. The first kappa shape index (κ1) is 15.5. The summed E-state index contributed by atoms with van der Waals surface area (Å²) in [5, 5.41) is 9.64. The quantitative estimate of drug-likeness (QED) is 0.746. The van der Waals surface area contributed by atoms with Gasteiger partial charge < -0.3 is 15.2 Å². The molecule has 2 N–H and O–H groups in total. The largest absolute Gasteiger partial charge is 0.361 e. The van der Waals surface area contributed by atoms with E-state index in [9.17, 15) is 4.79 Å². The van der Waals surface area contributed by atoms with E-state index in [2.05, 4.69) is 22.7 Å². The maximum Gasteiger partial charge on any atom is 0.315 e. The molecule has 1 heterocycles. The summed E-state index contributed by atoms with van der Waals surface area (Å²) in [6.07, 6.45) is 4.59. The molecule has 0 aliphatic rings. The van der Waals surface area contributed by atoms with Crippen LogP contribution in [-0.2, 0) is 6.54 Å². The first-order valence-electron chi connectivity index (χ1n) is 7.00. The highest BCUT2D eigenvalue weighted by Gasteiger charge is 2.11. The van der Waals surface area contributed by atoms with Gasteiger partial charge in [0.2, 0.25) is 0 Å². The summed E-state index contributed by atoms with van der Waals surface area (Å²) in [6, 6.07) is 0.0696. The predicted molar refractivity (Wildman–Crippen MR) is 75.0 cm³/mol. The van der Waals surface area contributed by atoms with Crippen LogP contribution in [0.4, 0.5) is 4.79 Å². The van der Waals surface area contributed by atoms with Crippen molar-refractivity contribution in [2.24, 2.45) is 0 Å². The van der Waals surface area contributed by atoms with Crippen molar-refractivity contribution < 1.29 is 9.32 Å². The summed E-state index contributed by atoms with van der Waals surface area (Å²) in [6.45, 7) is 8.38. The van der Waals surface area contributed by atoms with Crippen LogP contribution in [0.3, 0.4) is 0 Å². The van der Waals surface area contributed by atoms with Crippen LogP contribution in [0.2, 0.25) is 0 Å². The number of amides is 2. The van der Waals surface area contributed by atoms with E-state index in [1.54, 1.807) is 0 Å². The molecule has 0 spiro atoms. The summed E-state index contributed by atoms with van der Waals surface area (Å²) in [7, 11) is 0. The van der Waals surface area contributed by atoms with E-state index in [0.29, 0.717) is 6.54 Å². The standard InChI is InChI=1S/C14H25N3O2/c1-5-6-7-8-10(2)16-14(18)15-9-13-11(3)17-19-12(13)4/h10H,5-9H2,1-4H3,(H2,15,16,18). The predicted octanol–water partition coefficient (Wildman–Crippen LogP) is 3.06. The Hall–Kier alpha value is -1.52. The van der Waals surface area contributed by atoms with Gasteiger partial charge in [0.05, 0.1) is 5.69 Å². The van der Waals surface area contributed by atoms with Crippen LogP contribution in [0.5, 0.6) is 0 Å². The number of urea groups is 1. The molecule has 1 aromatic rings. The molecule has 0 aromatic carbocycles. The van der Waals surface area contributed by atoms with Crippen molar-refractivity contribution in [1.29, 1.82) is 0 Å². The van der Waals surface area contributed by atoms with Crippen LogP contribution in [0.15, 0.2) is 4.52 Å². The van der Waals surface area contributed by atoms with Crippen molar-refractivity contribution in [2.45, 2.75) is 66.0 Å². The van der Waals surface area contributed by atoms with Crippen molar-refractivity contribution in [1.82, 2.24) is 15.8 Å². The zero-order valence-electron chi connectivity index (χ0n) is 12.4. The number of unbranched alkanes of at least 4 members (excludes halogenated alkanes) is 2. The Morgan fingerprint density at radius 3 is 2.68 bits per heavy atom. The highest BCUT2D eigenvalue weighted by Crippen LogP contribution is 2.11. The summed E-state index contributed by atoms with van der Waals surface area (Å²) >= 11 is 0. The van der Waals surface area contributed by atoms with Gasteiger partial charge in [-0.3, -0.25) is 0 Å². The number of aryl methyl sites for hydroxylation is 2. The van der Waals surface area contributed by atoms with E-state index >= 15 is 0 Å². The molecule has 108 valence electrons. The fourth-order valence-electron chi connectivity index (χ4n) is 1.97. The summed E-state index contributed by atoms with van der Waals surface area (Å²) in [4.78, 5) is 11.7. The maximum absolute atomic E-state index is 11.7. The molecule has 0 aliphatic heterocycles. The molecule has 0 aliphatic carbocycles. The first-order valence-corrected chi connectivity index (χ1v) is 7.00. The van der Waals surface area contributed by atoms with Gasteiger partial charge in [-0.25, -0.2) is 4.79 Å². The normalized spacial score (nSPS) is 12.2. The van der Waals surface area contributed by atoms with Crippen molar-refractivity contribution in [2.75, 3.05) is 0 Å². The van der Waals surface area contributed by atoms with Gasteiger partial charge >= 0.3 is 6.03 Å². The monoisotopic (exact) mass is 267 g/mol. The second-order valence-corrected chi connectivity index (χ2v) is 5.03. The molecule has 5 nitrogen and oxygen atoms in total. The SMILES string of the molecule is CCCCCC(C)NC(=O)NCc1c(C)noc1C. The average Bonchev–Trinajstić information content (AvgIpc) is 2.67. The summed E-state index contributed by atoms with van der Waals surface area (Å²) in [5.41, 5.74) is 1.78. The summed E-state index contributed by atoms with van der Waals surface area (Å²) in [5.74, 6) is 0.758. The number of carbonyl (C=O) groups excluding carboxylic acids is 1. The van der Waals surface area contributed by atoms with E-state index < -0.39 is 0 Å². The Morgan fingerprint density at radius 2 is 2.11 bits per heavy atom. The third kappa shape index (κ3) is 5.32. The molecule has 1 aromatic heterocycles. The number of hydrogen-bond donors (Lipinski definition) is 2. The van der Waals surface area contributed by atoms with Gasteiger partial charge in [0.15, 0.2) is 0 Å². The minimum absolute atomic E-state index is 0.135. The number of nitrogens with one attached hydrogen (secondary N) is 2. The molecule has 19 heavy (non-hydrogen) atoms. The second kappa shape index (κ2) is 7.81. The number of carbonyl (C=O) groups is 1. The Balaban J connectivity index is 2.28. The minimum Gasteiger partial charge on any atom is -0.361 e. The lowest BCUT2D eigenvalue weighted by molar-refractivity contribution is 0.236. The molecule has 0 radical (unpaired) electrons. The van der Waals surface area contributed by atoms with E-state index in [-0.39, 0.29) is 12.1 Å². The van der Waals surface area contributed by atoms with Crippen molar-refractivity contribution >= 4 is 6.03 Å². The molecule has 1 rings (SSSR count). The lowest BCUT2D eigenvalue weighted by atomic mass is 10.1. The van der Waals surface area contributed by atoms with E-state index in [0.717, 1.165) is 29.9 Å². The number of nitrogens with zero attached hydrogens (tertiary/aromatic N) is 1. The number of aromatic nitrogens is 1. The molecule has 0 bridgehead atoms. The number of hydrogen-bond acceptors (Lipinski definition) is 3. The van der Waals surface area contributed by atoms with E-state index in [1.165, 1.54) is 12.8 Å². The summed E-state index contributed by atoms with van der Waals surface area (Å²) < 4.78 is 5.05. The Kier molecular flexibility index (Phi) is 6.39. The molecule has 2 amide bonds. The highest BCUT2D eigenvalue weighted by atomic mass is 16.5. The van der Waals surface area contributed by atoms with Gasteiger partial charge in [0, 0.05) is 18.2 Å². The van der Waals surface area contributed by atoms with Crippen molar-refractivity contribution in [3.05, 3.63) is 17.0 Å². The molecule has 5 heteroatoms. The van der Waals surface area contributed by atoms with Gasteiger partial charge in [0.1, 0.15) is 5.76 Å². The van der Waals surface area contributed by atoms with Gasteiger partial charge in [-0.2, -0.15) is 0 Å². The van der Waals surface area contributed by atoms with Crippen LogP contribution < -0.4 is 10.6 Å². The van der Waals surface area contributed by atoms with Gasteiger partial charge in [-0.05, 0) is 27.2 Å². The molecular weight excluding hydrogens is 242 g/mol. The van der Waals surface area contributed by atoms with Crippen LogP contribution in [0.1, 0.15) is 56.5 Å². The Bertz CT molecular complexity index is 382. The highest BCUT2D eigenvalue weighted by molar-refractivity contribution is 5.74. The second-order valence-electron chi connectivity index (χ2n) is 5.03. The average molecular weight is 267 g/mol. The fourth-order valence-corrected chi connectivity index (χ4v) is 1.97. The Labute approximate surface area is 115 Å². The van der Waals surface area contributed by atoms with E-state index in [4.69, 9.17) is 4.52 Å². The van der Waals surface area contributed by atoms with Gasteiger partial charge in [-0.15, -0.1) is 0 Å². The third-order valence-corrected chi connectivity index (χ3v) is 3.23. The molecular formula is C14H25N3O2. The lowest BCUT2D eigenvalue weighted by Crippen LogP contribution is -2.40. The van der Waals surface area contributed by atoms with E-state index in [1.807, 2.05) is 20.8 Å². The van der Waals surface area contributed by atoms with Crippen LogP contribution in [-0.4, -0.2) is 17.2 Å². The molecule has 0 saturated carbocycles. The maximum atomic E-state index is 11.7.